The molecule has 0 spiro atoms. The number of carbonyl (C=O) groups excluding carboxylic acids is 2. The van der Waals surface area contributed by atoms with Crippen molar-refractivity contribution in [1.82, 2.24) is 10.6 Å². The molecule has 3 unspecified atom stereocenters. The van der Waals surface area contributed by atoms with Crippen LogP contribution in [0.2, 0.25) is 0 Å². The maximum atomic E-state index is 11.5. The van der Waals surface area contributed by atoms with Crippen LogP contribution in [0.4, 0.5) is 0 Å². The number of carboxylic acids is 3. The first-order valence-corrected chi connectivity index (χ1v) is 8.70. The summed E-state index contributed by atoms with van der Waals surface area (Å²) in [6, 6.07) is -2.97. The van der Waals surface area contributed by atoms with E-state index in [-0.39, 0.29) is 24.3 Å². The molecule has 9 N–H and O–H groups in total. The first kappa shape index (κ1) is 27.2. The molecule has 0 aromatic carbocycles. The van der Waals surface area contributed by atoms with Gasteiger partial charge in [0.25, 0.3) is 0 Å². The summed E-state index contributed by atoms with van der Waals surface area (Å²) in [5, 5.41) is 29.4. The van der Waals surface area contributed by atoms with Gasteiger partial charge in [0.2, 0.25) is 11.8 Å². The summed E-state index contributed by atoms with van der Waals surface area (Å²) >= 11 is 7.52. The number of hydrogen-bond donors (Lipinski definition) is 9. The largest absolute Gasteiger partial charge is 0.480 e. The van der Waals surface area contributed by atoms with Gasteiger partial charge in [-0.1, -0.05) is 0 Å². The zero-order valence-corrected chi connectivity index (χ0v) is 16.0. The highest BCUT2D eigenvalue weighted by molar-refractivity contribution is 7.80. The highest BCUT2D eigenvalue weighted by Crippen LogP contribution is 1.97. The predicted octanol–water partition coefficient (Wildman–Crippen LogP) is -2.88. The Hall–Kier alpha value is -2.03. The summed E-state index contributed by atoms with van der Waals surface area (Å²) in [5.41, 5.74) is 10.2. The molecule has 27 heavy (non-hydrogen) atoms. The van der Waals surface area contributed by atoms with E-state index in [2.05, 4.69) is 35.9 Å². The van der Waals surface area contributed by atoms with E-state index in [0.29, 0.717) is 0 Å². The number of nitrogens with one attached hydrogen (secondary N) is 2. The van der Waals surface area contributed by atoms with Crippen molar-refractivity contribution >= 4 is 55.0 Å². The lowest BCUT2D eigenvalue weighted by atomic mass is 10.1. The van der Waals surface area contributed by atoms with E-state index in [1.54, 1.807) is 0 Å². The summed E-state index contributed by atoms with van der Waals surface area (Å²) in [7, 11) is 0. The number of rotatable bonds is 11. The van der Waals surface area contributed by atoms with Gasteiger partial charge in [-0.25, -0.2) is 0 Å². The van der Waals surface area contributed by atoms with Gasteiger partial charge in [-0.15, -0.1) is 0 Å². The van der Waals surface area contributed by atoms with E-state index in [4.69, 9.17) is 26.8 Å². The molecule has 0 aromatic rings. The van der Waals surface area contributed by atoms with Crippen molar-refractivity contribution in [2.45, 2.75) is 31.0 Å². The van der Waals surface area contributed by atoms with Gasteiger partial charge in [0.05, 0.1) is 0 Å². The summed E-state index contributed by atoms with van der Waals surface area (Å²) < 4.78 is 0. The number of nitrogens with two attached hydrogens (primary N) is 2. The van der Waals surface area contributed by atoms with Crippen molar-refractivity contribution in [2.24, 2.45) is 11.5 Å². The molecule has 3 atom stereocenters. The van der Waals surface area contributed by atoms with E-state index in [0.717, 1.165) is 0 Å². The number of hydrogen-bond acceptors (Lipinski definition) is 9. The molecule has 156 valence electrons. The fourth-order valence-corrected chi connectivity index (χ4v) is 1.65. The fraction of sp³-hybridized carbons (Fsp3) is 0.615. The third-order valence-electron chi connectivity index (χ3n) is 2.76. The second kappa shape index (κ2) is 15.1. The van der Waals surface area contributed by atoms with Crippen LogP contribution in [0.15, 0.2) is 0 Å². The van der Waals surface area contributed by atoms with E-state index in [1.807, 2.05) is 0 Å². The Labute approximate surface area is 165 Å². The highest BCUT2D eigenvalue weighted by Gasteiger charge is 2.20. The predicted molar refractivity (Wildman–Crippen MR) is 101 cm³/mol. The highest BCUT2D eigenvalue weighted by atomic mass is 32.1. The Morgan fingerprint density at radius 3 is 1.74 bits per heavy atom. The molecule has 0 aromatic heterocycles. The van der Waals surface area contributed by atoms with Crippen molar-refractivity contribution < 1.29 is 39.3 Å². The van der Waals surface area contributed by atoms with Crippen LogP contribution in [0.3, 0.4) is 0 Å². The van der Waals surface area contributed by atoms with Crippen LogP contribution >= 0.6 is 25.3 Å². The van der Waals surface area contributed by atoms with Gasteiger partial charge in [0.1, 0.15) is 24.7 Å². The van der Waals surface area contributed by atoms with Gasteiger partial charge in [0.15, 0.2) is 0 Å². The molecular weight excluding hydrogens is 404 g/mol. The SMILES string of the molecule is NC(CCC(=O)NC(CS)C(=O)NCC(=O)O)C(=O)O.NC(CS)C(=O)O. The lowest BCUT2D eigenvalue weighted by Gasteiger charge is -2.16. The lowest BCUT2D eigenvalue weighted by molar-refractivity contribution is -0.139. The maximum Gasteiger partial charge on any atom is 0.322 e. The molecule has 0 fully saturated rings. The fourth-order valence-electron chi connectivity index (χ4n) is 1.23. The van der Waals surface area contributed by atoms with E-state index < -0.39 is 54.4 Å². The lowest BCUT2D eigenvalue weighted by Crippen LogP contribution is -2.49. The number of aliphatic carboxylic acids is 3. The number of carbonyl (C=O) groups is 5. The Bertz CT molecular complexity index is 534. The second-order valence-corrected chi connectivity index (χ2v) is 5.76. The van der Waals surface area contributed by atoms with Crippen molar-refractivity contribution in [3.63, 3.8) is 0 Å². The first-order valence-electron chi connectivity index (χ1n) is 7.43. The summed E-state index contributed by atoms with van der Waals surface area (Å²) in [6.07, 6.45) is -0.235. The summed E-state index contributed by atoms with van der Waals surface area (Å²) in [5.74, 6) is -4.52. The van der Waals surface area contributed by atoms with Crippen LogP contribution in [0.25, 0.3) is 0 Å². The molecule has 0 bridgehead atoms. The quantitative estimate of drug-likeness (QED) is 0.153. The summed E-state index contributed by atoms with van der Waals surface area (Å²) in [4.78, 5) is 53.5. The molecule has 0 saturated carbocycles. The standard InChI is InChI=1S/C10H17N3O6S.C3H7NO2S/c11-5(10(18)19)1-2-7(14)13-6(4-20)9(17)12-3-8(15)16;4-2(1-7)3(5)6/h5-6,20H,1-4,11H2,(H,12,17)(H,13,14)(H,15,16)(H,18,19);2,7H,1,4H2,(H,5,6). The van der Waals surface area contributed by atoms with Crippen molar-refractivity contribution in [3.8, 4) is 0 Å². The first-order chi connectivity index (χ1) is 12.5. The van der Waals surface area contributed by atoms with Crippen molar-refractivity contribution in [1.29, 1.82) is 0 Å². The normalized spacial score (nSPS) is 13.2. The van der Waals surface area contributed by atoms with Gasteiger partial charge in [-0.05, 0) is 6.42 Å². The third-order valence-corrected chi connectivity index (χ3v) is 3.52. The molecular formula is C13H24N4O8S2. The zero-order valence-electron chi connectivity index (χ0n) is 14.2. The minimum atomic E-state index is -1.22. The Kier molecular flexibility index (Phi) is 15.2. The van der Waals surface area contributed by atoms with Crippen LogP contribution in [0, 0.1) is 0 Å². The molecule has 0 heterocycles. The van der Waals surface area contributed by atoms with Gasteiger partial charge in [-0.3, -0.25) is 24.0 Å². The van der Waals surface area contributed by atoms with Crippen LogP contribution in [0.1, 0.15) is 12.8 Å². The summed E-state index contributed by atoms with van der Waals surface area (Å²) in [6.45, 7) is -0.567. The van der Waals surface area contributed by atoms with Crippen molar-refractivity contribution in [2.75, 3.05) is 18.1 Å². The minimum Gasteiger partial charge on any atom is -0.480 e. The Morgan fingerprint density at radius 2 is 1.41 bits per heavy atom. The molecule has 0 saturated heterocycles. The molecule has 0 aliphatic heterocycles. The second-order valence-electron chi connectivity index (χ2n) is 5.02. The van der Waals surface area contributed by atoms with E-state index in [9.17, 15) is 24.0 Å². The van der Waals surface area contributed by atoms with E-state index >= 15 is 0 Å². The topological polar surface area (TPSA) is 222 Å². The monoisotopic (exact) mass is 428 g/mol. The minimum absolute atomic E-state index is 0.0256. The average Bonchev–Trinajstić information content (AvgIpc) is 2.61. The van der Waals surface area contributed by atoms with Gasteiger partial charge < -0.3 is 37.4 Å². The number of amides is 2. The smallest absolute Gasteiger partial charge is 0.322 e. The molecule has 0 radical (unpaired) electrons. The Balaban J connectivity index is 0. The number of carboxylic acid groups (broad SMARTS) is 3. The molecule has 2 amide bonds. The van der Waals surface area contributed by atoms with Crippen LogP contribution in [-0.2, 0) is 24.0 Å². The van der Waals surface area contributed by atoms with Crippen LogP contribution in [-0.4, -0.2) is 81.2 Å². The maximum absolute atomic E-state index is 11.5. The zero-order chi connectivity index (χ0) is 21.6. The number of thiol groups is 2. The average molecular weight is 428 g/mol. The van der Waals surface area contributed by atoms with Crippen LogP contribution < -0.4 is 22.1 Å². The molecule has 14 heteroatoms. The van der Waals surface area contributed by atoms with Gasteiger partial charge in [-0.2, -0.15) is 25.3 Å². The van der Waals surface area contributed by atoms with Gasteiger partial charge in [0, 0.05) is 17.9 Å². The molecule has 0 aliphatic rings. The Morgan fingerprint density at radius 1 is 0.889 bits per heavy atom. The van der Waals surface area contributed by atoms with Crippen molar-refractivity contribution in [3.05, 3.63) is 0 Å². The molecule has 12 nitrogen and oxygen atoms in total. The van der Waals surface area contributed by atoms with E-state index in [1.165, 1.54) is 0 Å². The van der Waals surface area contributed by atoms with Gasteiger partial charge >= 0.3 is 17.9 Å². The molecule has 0 aliphatic carbocycles. The van der Waals surface area contributed by atoms with Crippen LogP contribution in [0.5, 0.6) is 0 Å². The molecule has 0 rings (SSSR count). The third kappa shape index (κ3) is 14.8.